The van der Waals surface area contributed by atoms with E-state index in [2.05, 4.69) is 21.2 Å². The van der Waals surface area contributed by atoms with Crippen molar-refractivity contribution < 1.29 is 19.8 Å². The van der Waals surface area contributed by atoms with Crippen LogP contribution in [0.4, 0.5) is 4.79 Å². The third kappa shape index (κ3) is 5.17. The van der Waals surface area contributed by atoms with Gasteiger partial charge < -0.3 is 20.4 Å². The van der Waals surface area contributed by atoms with Gasteiger partial charge in [-0.05, 0) is 22.0 Å². The molecule has 8 heteroatoms. The fourth-order valence-corrected chi connectivity index (χ4v) is 2.89. The van der Waals surface area contributed by atoms with E-state index in [0.717, 1.165) is 9.35 Å². The summed E-state index contributed by atoms with van der Waals surface area (Å²) >= 11 is 4.83. The lowest BCUT2D eigenvalue weighted by molar-refractivity contribution is -0.139. The van der Waals surface area contributed by atoms with Gasteiger partial charge in [0.15, 0.2) is 0 Å². The minimum atomic E-state index is -1.16. The highest BCUT2D eigenvalue weighted by atomic mass is 79.9. The Bertz CT molecular complexity index is 452. The van der Waals surface area contributed by atoms with Crippen LogP contribution in [0.5, 0.6) is 0 Å². The Morgan fingerprint density at radius 3 is 2.74 bits per heavy atom. The molecule has 0 aliphatic rings. The van der Waals surface area contributed by atoms with E-state index in [1.807, 2.05) is 11.4 Å². The number of hydrogen-bond acceptors (Lipinski definition) is 4. The number of urea groups is 1. The Labute approximate surface area is 123 Å². The zero-order valence-corrected chi connectivity index (χ0v) is 12.7. The molecule has 0 spiro atoms. The van der Waals surface area contributed by atoms with Crippen LogP contribution in [-0.4, -0.2) is 46.8 Å². The Morgan fingerprint density at radius 2 is 2.26 bits per heavy atom. The molecule has 0 aromatic carbocycles. The fourth-order valence-electron chi connectivity index (χ4n) is 1.39. The molecular weight excluding hydrogens is 336 g/mol. The van der Waals surface area contributed by atoms with E-state index < -0.39 is 18.0 Å². The summed E-state index contributed by atoms with van der Waals surface area (Å²) in [5.41, 5.74) is 0. The van der Waals surface area contributed by atoms with Crippen molar-refractivity contribution in [3.8, 4) is 0 Å². The van der Waals surface area contributed by atoms with Gasteiger partial charge in [-0.25, -0.2) is 9.59 Å². The number of thiophene rings is 1. The van der Waals surface area contributed by atoms with Crippen LogP contribution in [0.15, 0.2) is 15.9 Å². The molecule has 19 heavy (non-hydrogen) atoms. The smallest absolute Gasteiger partial charge is 0.326 e. The number of hydrogen-bond donors (Lipinski definition) is 3. The first kappa shape index (κ1) is 15.9. The maximum atomic E-state index is 11.8. The fraction of sp³-hybridized carbons (Fsp3) is 0.455. The minimum Gasteiger partial charge on any atom is -0.480 e. The van der Waals surface area contributed by atoms with Crippen molar-refractivity contribution in [3.05, 3.63) is 20.8 Å². The molecule has 1 unspecified atom stereocenters. The summed E-state index contributed by atoms with van der Waals surface area (Å²) < 4.78 is 0.949. The van der Waals surface area contributed by atoms with Gasteiger partial charge in [-0.3, -0.25) is 0 Å². The van der Waals surface area contributed by atoms with Gasteiger partial charge in [-0.1, -0.05) is 0 Å². The van der Waals surface area contributed by atoms with Crippen LogP contribution in [0, 0.1) is 0 Å². The van der Waals surface area contributed by atoms with Crippen molar-refractivity contribution in [3.63, 3.8) is 0 Å². The topological polar surface area (TPSA) is 89.9 Å². The standard InChI is InChI=1S/C11H15BrN2O4S/c1-14(5-8-4-7(12)6-19-8)11(18)13-9(2-3-15)10(16)17/h4,6,9,15H,2-3,5H2,1H3,(H,13,18)(H,16,17). The SMILES string of the molecule is CN(Cc1cc(Br)cs1)C(=O)NC(CCO)C(=O)O. The zero-order valence-electron chi connectivity index (χ0n) is 10.3. The van der Waals surface area contributed by atoms with Crippen molar-refractivity contribution in [1.82, 2.24) is 10.2 Å². The number of carbonyl (C=O) groups excluding carboxylic acids is 1. The second kappa shape index (κ2) is 7.46. The number of halogens is 1. The number of nitrogens with one attached hydrogen (secondary N) is 1. The van der Waals surface area contributed by atoms with Gasteiger partial charge in [-0.15, -0.1) is 11.3 Å². The van der Waals surface area contributed by atoms with Gasteiger partial charge in [0.25, 0.3) is 0 Å². The highest BCUT2D eigenvalue weighted by molar-refractivity contribution is 9.10. The molecule has 1 heterocycles. The Morgan fingerprint density at radius 1 is 1.58 bits per heavy atom. The molecule has 106 valence electrons. The predicted octanol–water partition coefficient (Wildman–Crippen LogP) is 1.49. The van der Waals surface area contributed by atoms with Crippen LogP contribution in [-0.2, 0) is 11.3 Å². The first-order valence-electron chi connectivity index (χ1n) is 5.52. The van der Waals surface area contributed by atoms with E-state index in [9.17, 15) is 9.59 Å². The van der Waals surface area contributed by atoms with Gasteiger partial charge in [0.05, 0.1) is 6.54 Å². The molecule has 2 amide bonds. The van der Waals surface area contributed by atoms with Crippen LogP contribution in [0.1, 0.15) is 11.3 Å². The number of rotatable bonds is 6. The zero-order chi connectivity index (χ0) is 14.4. The molecule has 1 aromatic heterocycles. The van der Waals surface area contributed by atoms with Crippen molar-refractivity contribution in [2.24, 2.45) is 0 Å². The molecule has 3 N–H and O–H groups in total. The van der Waals surface area contributed by atoms with Crippen LogP contribution in [0.25, 0.3) is 0 Å². The maximum absolute atomic E-state index is 11.8. The van der Waals surface area contributed by atoms with Crippen LogP contribution in [0.2, 0.25) is 0 Å². The van der Waals surface area contributed by atoms with E-state index >= 15 is 0 Å². The second-order valence-corrected chi connectivity index (χ2v) is 5.85. The van der Waals surface area contributed by atoms with Gasteiger partial charge >= 0.3 is 12.0 Å². The molecule has 0 saturated carbocycles. The first-order chi connectivity index (χ1) is 8.93. The monoisotopic (exact) mass is 350 g/mol. The van der Waals surface area contributed by atoms with Crippen LogP contribution in [0.3, 0.4) is 0 Å². The predicted molar refractivity (Wildman–Crippen MR) is 75.1 cm³/mol. The summed E-state index contributed by atoms with van der Waals surface area (Å²) in [6, 6.07) is 0.344. The Kier molecular flexibility index (Phi) is 6.26. The Hall–Kier alpha value is -1.12. The first-order valence-corrected chi connectivity index (χ1v) is 7.19. The van der Waals surface area contributed by atoms with E-state index in [1.165, 1.54) is 16.2 Å². The molecule has 0 saturated heterocycles. The lowest BCUT2D eigenvalue weighted by atomic mass is 10.2. The number of carboxylic acid groups (broad SMARTS) is 1. The normalized spacial score (nSPS) is 11.9. The number of carbonyl (C=O) groups is 2. The van der Waals surface area contributed by atoms with Crippen molar-refractivity contribution in [1.29, 1.82) is 0 Å². The number of aliphatic hydroxyl groups excluding tert-OH is 1. The number of nitrogens with zero attached hydrogens (tertiary/aromatic N) is 1. The van der Waals surface area contributed by atoms with Gasteiger partial charge in [-0.2, -0.15) is 0 Å². The lowest BCUT2D eigenvalue weighted by Crippen LogP contribution is -2.46. The molecule has 6 nitrogen and oxygen atoms in total. The summed E-state index contributed by atoms with van der Waals surface area (Å²) in [4.78, 5) is 25.0. The molecule has 0 aliphatic carbocycles. The van der Waals surface area contributed by atoms with Crippen molar-refractivity contribution >= 4 is 39.3 Å². The molecule has 0 fully saturated rings. The number of carboxylic acids is 1. The molecule has 0 bridgehead atoms. The van der Waals surface area contributed by atoms with E-state index in [0.29, 0.717) is 6.54 Å². The summed E-state index contributed by atoms with van der Waals surface area (Å²) in [7, 11) is 1.58. The van der Waals surface area contributed by atoms with E-state index in [-0.39, 0.29) is 13.0 Å². The van der Waals surface area contributed by atoms with Crippen molar-refractivity contribution in [2.45, 2.75) is 19.0 Å². The highest BCUT2D eigenvalue weighted by Gasteiger charge is 2.21. The summed E-state index contributed by atoms with van der Waals surface area (Å²) in [6.07, 6.45) is -0.0144. The lowest BCUT2D eigenvalue weighted by Gasteiger charge is -2.20. The van der Waals surface area contributed by atoms with Crippen molar-refractivity contribution in [2.75, 3.05) is 13.7 Å². The third-order valence-corrected chi connectivity index (χ3v) is 4.06. The Balaban J connectivity index is 2.54. The van der Waals surface area contributed by atoms with E-state index in [1.54, 1.807) is 7.05 Å². The van der Waals surface area contributed by atoms with Crippen LogP contribution < -0.4 is 5.32 Å². The number of aliphatic carboxylic acids is 1. The minimum absolute atomic E-state index is 0.0144. The second-order valence-electron chi connectivity index (χ2n) is 3.94. The largest absolute Gasteiger partial charge is 0.480 e. The van der Waals surface area contributed by atoms with Crippen LogP contribution >= 0.6 is 27.3 Å². The molecule has 1 atom stereocenters. The van der Waals surface area contributed by atoms with E-state index in [4.69, 9.17) is 10.2 Å². The average molecular weight is 351 g/mol. The molecular formula is C11H15BrN2O4S. The number of amides is 2. The van der Waals surface area contributed by atoms with Gasteiger partial charge in [0, 0.05) is 34.8 Å². The molecule has 1 aromatic rings. The maximum Gasteiger partial charge on any atom is 0.326 e. The van der Waals surface area contributed by atoms with Gasteiger partial charge in [0.1, 0.15) is 6.04 Å². The summed E-state index contributed by atoms with van der Waals surface area (Å²) in [5.74, 6) is -1.16. The molecule has 0 aliphatic heterocycles. The molecule has 0 radical (unpaired) electrons. The third-order valence-electron chi connectivity index (χ3n) is 2.38. The quantitative estimate of drug-likeness (QED) is 0.724. The average Bonchev–Trinajstić information content (AvgIpc) is 2.73. The summed E-state index contributed by atoms with van der Waals surface area (Å²) in [6.45, 7) is 0.104. The summed E-state index contributed by atoms with van der Waals surface area (Å²) in [5, 5.41) is 21.9. The number of aliphatic hydroxyl groups is 1. The molecule has 1 rings (SSSR count). The van der Waals surface area contributed by atoms with Gasteiger partial charge in [0.2, 0.25) is 0 Å². The highest BCUT2D eigenvalue weighted by Crippen LogP contribution is 2.20.